The van der Waals surface area contributed by atoms with Gasteiger partial charge in [0.05, 0.1) is 22.8 Å². The lowest BCUT2D eigenvalue weighted by Gasteiger charge is -2.36. The maximum absolute atomic E-state index is 12.2. The minimum absolute atomic E-state index is 0.109. The van der Waals surface area contributed by atoms with E-state index in [0.717, 1.165) is 26.5 Å². The molecule has 1 saturated heterocycles. The molecule has 0 amide bonds. The van der Waals surface area contributed by atoms with E-state index in [-0.39, 0.29) is 5.04 Å². The molecule has 6 nitrogen and oxygen atoms in total. The molecule has 222 valence electrons. The van der Waals surface area contributed by atoms with E-state index in [2.05, 4.69) is 46.0 Å². The Kier molecular flexibility index (Phi) is 10.4. The second-order valence-electron chi connectivity index (χ2n) is 13.8. The summed E-state index contributed by atoms with van der Waals surface area (Å²) in [5.41, 5.74) is 1.96. The molecular weight excluding hydrogens is 579 g/mol. The highest BCUT2D eigenvalue weighted by molar-refractivity contribution is 7.99. The van der Waals surface area contributed by atoms with Gasteiger partial charge < -0.3 is 18.3 Å². The van der Waals surface area contributed by atoms with Crippen molar-refractivity contribution in [2.45, 2.75) is 126 Å². The van der Waals surface area contributed by atoms with Gasteiger partial charge in [0.1, 0.15) is 9.77 Å². The first-order valence-corrected chi connectivity index (χ1v) is 19.1. The van der Waals surface area contributed by atoms with Gasteiger partial charge in [-0.2, -0.15) is 5.14 Å². The monoisotopic (exact) mass is 624 g/mol. The SMILES string of the molecule is CC(C)(CCc1cc(B2OC(C)(C)C(C)(C)O2)cc(Cl)c1Sc1ncccc1CO[Si](C)(C)C(C)(C)C)[S+](N)[O-]. The summed E-state index contributed by atoms with van der Waals surface area (Å²) in [6, 6.07) is 8.03. The van der Waals surface area contributed by atoms with Crippen LogP contribution in [0, 0.1) is 0 Å². The maximum Gasteiger partial charge on any atom is 0.494 e. The Bertz CT molecular complexity index is 1190. The van der Waals surface area contributed by atoms with Gasteiger partial charge >= 0.3 is 7.12 Å². The number of rotatable bonds is 10. The van der Waals surface area contributed by atoms with Crippen molar-refractivity contribution in [2.75, 3.05) is 0 Å². The van der Waals surface area contributed by atoms with Crippen molar-refractivity contribution in [1.82, 2.24) is 4.98 Å². The zero-order valence-electron chi connectivity index (χ0n) is 25.9. The van der Waals surface area contributed by atoms with E-state index in [1.165, 1.54) is 11.8 Å². The Balaban J connectivity index is 1.99. The van der Waals surface area contributed by atoms with Crippen LogP contribution in [0.15, 0.2) is 40.4 Å². The van der Waals surface area contributed by atoms with Crippen LogP contribution in [0.3, 0.4) is 0 Å². The normalized spacial score (nSPS) is 18.3. The van der Waals surface area contributed by atoms with E-state index >= 15 is 0 Å². The number of aryl methyl sites for hydroxylation is 1. The van der Waals surface area contributed by atoms with E-state index in [1.54, 1.807) is 6.20 Å². The summed E-state index contributed by atoms with van der Waals surface area (Å²) in [4.78, 5) is 5.63. The number of aromatic nitrogens is 1. The average molecular weight is 625 g/mol. The van der Waals surface area contributed by atoms with Crippen LogP contribution in [0.5, 0.6) is 0 Å². The van der Waals surface area contributed by atoms with E-state index in [9.17, 15) is 4.55 Å². The lowest BCUT2D eigenvalue weighted by atomic mass is 9.78. The van der Waals surface area contributed by atoms with Gasteiger partial charge in [0, 0.05) is 34.4 Å². The molecule has 0 saturated carbocycles. The van der Waals surface area contributed by atoms with Gasteiger partial charge in [-0.1, -0.05) is 56.3 Å². The van der Waals surface area contributed by atoms with Crippen molar-refractivity contribution in [1.29, 1.82) is 0 Å². The topological polar surface area (TPSA) is 89.7 Å². The number of nitrogens with two attached hydrogens (primary N) is 1. The Morgan fingerprint density at radius 2 is 1.70 bits per heavy atom. The molecule has 11 heteroatoms. The standard InChI is InChI=1S/C29H46BClN2O4S2Si/c1-26(2,3)40(10,11)35-19-21-13-12-16-33-25(21)38-24-20(14-15-27(4,5)39(32)34)17-22(18-23(24)31)30-36-28(6,7)29(8,9)37-30/h12-13,16-18H,14-15,19,32H2,1-11H3. The Morgan fingerprint density at radius 1 is 1.10 bits per heavy atom. The maximum atomic E-state index is 12.2. The Morgan fingerprint density at radius 3 is 2.25 bits per heavy atom. The van der Waals surface area contributed by atoms with Crippen LogP contribution in [0.4, 0.5) is 0 Å². The summed E-state index contributed by atoms with van der Waals surface area (Å²) in [5.74, 6) is 0. The van der Waals surface area contributed by atoms with Gasteiger partial charge in [0.15, 0.2) is 8.32 Å². The molecule has 0 bridgehead atoms. The molecule has 2 N–H and O–H groups in total. The molecule has 1 aromatic carbocycles. The summed E-state index contributed by atoms with van der Waals surface area (Å²) >= 11 is 7.09. The largest absolute Gasteiger partial charge is 0.598 e. The minimum atomic E-state index is -1.95. The third-order valence-corrected chi connectivity index (χ3v) is 16.1. The van der Waals surface area contributed by atoms with Crippen LogP contribution >= 0.6 is 23.4 Å². The third kappa shape index (κ3) is 7.68. The highest BCUT2D eigenvalue weighted by atomic mass is 35.5. The minimum Gasteiger partial charge on any atom is -0.598 e. The summed E-state index contributed by atoms with van der Waals surface area (Å²) < 4.78 is 30.9. The van der Waals surface area contributed by atoms with Crippen molar-refractivity contribution in [3.63, 3.8) is 0 Å². The third-order valence-electron chi connectivity index (χ3n) is 8.65. The molecule has 40 heavy (non-hydrogen) atoms. The van der Waals surface area contributed by atoms with Gasteiger partial charge in [-0.05, 0) is 89.3 Å². The number of benzene rings is 1. The van der Waals surface area contributed by atoms with Crippen molar-refractivity contribution in [3.05, 3.63) is 46.6 Å². The predicted molar refractivity (Wildman–Crippen MR) is 172 cm³/mol. The summed E-state index contributed by atoms with van der Waals surface area (Å²) in [6.45, 7) is 23.7. The predicted octanol–water partition coefficient (Wildman–Crippen LogP) is 7.04. The van der Waals surface area contributed by atoms with Crippen molar-refractivity contribution < 1.29 is 18.3 Å². The summed E-state index contributed by atoms with van der Waals surface area (Å²) in [6.07, 6.45) is 3.05. The molecule has 0 spiro atoms. The molecular formula is C29H46BClN2O4S2Si. The fraction of sp³-hybridized carbons (Fsp3) is 0.621. The van der Waals surface area contributed by atoms with Gasteiger partial charge in [-0.25, -0.2) is 4.98 Å². The zero-order chi connectivity index (χ0) is 30.3. The molecule has 2 heterocycles. The lowest BCUT2D eigenvalue weighted by Crippen LogP contribution is -2.41. The quantitative estimate of drug-likeness (QED) is 0.224. The number of hydrogen-bond acceptors (Lipinski definition) is 7. The lowest BCUT2D eigenvalue weighted by molar-refractivity contribution is 0.00578. The number of nitrogens with zero attached hydrogens (tertiary/aromatic N) is 1. The molecule has 1 fully saturated rings. The second kappa shape index (κ2) is 12.2. The van der Waals surface area contributed by atoms with E-state index < -0.39 is 42.7 Å². The smallest absolute Gasteiger partial charge is 0.494 e. The van der Waals surface area contributed by atoms with Crippen LogP contribution in [-0.4, -0.2) is 40.9 Å². The molecule has 1 aliphatic rings. The van der Waals surface area contributed by atoms with Crippen molar-refractivity contribution in [2.24, 2.45) is 5.14 Å². The number of hydrogen-bond donors (Lipinski definition) is 1. The first-order chi connectivity index (χ1) is 18.2. The van der Waals surface area contributed by atoms with Crippen LogP contribution < -0.4 is 10.6 Å². The average Bonchev–Trinajstić information content (AvgIpc) is 3.04. The zero-order valence-corrected chi connectivity index (χ0v) is 29.3. The van der Waals surface area contributed by atoms with Gasteiger partial charge in [-0.3, -0.25) is 0 Å². The molecule has 0 radical (unpaired) electrons. The van der Waals surface area contributed by atoms with Crippen LogP contribution in [0.25, 0.3) is 0 Å². The van der Waals surface area contributed by atoms with E-state index in [0.29, 0.717) is 24.5 Å². The molecule has 1 aromatic heterocycles. The molecule has 1 unspecified atom stereocenters. The fourth-order valence-electron chi connectivity index (χ4n) is 3.82. The Labute approximate surface area is 255 Å². The van der Waals surface area contributed by atoms with Crippen molar-refractivity contribution in [3.8, 4) is 0 Å². The Hall–Kier alpha value is -0.558. The first-order valence-electron chi connectivity index (χ1n) is 13.8. The second-order valence-corrected chi connectivity index (χ2v) is 21.7. The van der Waals surface area contributed by atoms with Gasteiger partial charge in [0.25, 0.3) is 0 Å². The van der Waals surface area contributed by atoms with Crippen LogP contribution in [-0.2, 0) is 38.1 Å². The highest BCUT2D eigenvalue weighted by Gasteiger charge is 2.52. The van der Waals surface area contributed by atoms with Crippen LogP contribution in [0.2, 0.25) is 23.2 Å². The number of halogens is 1. The summed E-state index contributed by atoms with van der Waals surface area (Å²) in [5, 5.41) is 7.38. The number of pyridine rings is 1. The molecule has 2 aromatic rings. The van der Waals surface area contributed by atoms with Crippen molar-refractivity contribution >= 4 is 55.6 Å². The molecule has 0 aliphatic carbocycles. The molecule has 1 atom stereocenters. The van der Waals surface area contributed by atoms with Gasteiger partial charge in [0.2, 0.25) is 0 Å². The van der Waals surface area contributed by atoms with E-state index in [4.69, 9.17) is 35.5 Å². The van der Waals surface area contributed by atoms with Crippen LogP contribution in [0.1, 0.15) is 79.9 Å². The molecule has 1 aliphatic heterocycles. The first kappa shape index (κ1) is 33.9. The molecule has 3 rings (SSSR count). The fourth-order valence-corrected chi connectivity index (χ4v) is 6.45. The summed E-state index contributed by atoms with van der Waals surface area (Å²) in [7, 11) is -2.49. The van der Waals surface area contributed by atoms with Gasteiger partial charge in [-0.15, -0.1) is 0 Å². The van der Waals surface area contributed by atoms with E-state index in [1.807, 2.05) is 53.7 Å². The highest BCUT2D eigenvalue weighted by Crippen LogP contribution is 2.41.